The zero-order chi connectivity index (χ0) is 17.6. The lowest BCUT2D eigenvalue weighted by atomic mass is 9.93. The molecule has 2 amide bonds. The lowest BCUT2D eigenvalue weighted by Gasteiger charge is -2.33. The summed E-state index contributed by atoms with van der Waals surface area (Å²) < 4.78 is 0.716. The number of hydrogen-bond donors (Lipinski definition) is 2. The summed E-state index contributed by atoms with van der Waals surface area (Å²) >= 11 is 3.32. The van der Waals surface area contributed by atoms with Crippen LogP contribution in [0.2, 0.25) is 0 Å². The van der Waals surface area contributed by atoms with E-state index in [4.69, 9.17) is 0 Å². The van der Waals surface area contributed by atoms with Crippen LogP contribution in [-0.2, 0) is 4.79 Å². The number of aromatic amines is 1. The van der Waals surface area contributed by atoms with E-state index in [9.17, 15) is 9.59 Å². The number of carbonyl (C=O) groups excluding carboxylic acids is 2. The van der Waals surface area contributed by atoms with Gasteiger partial charge in [-0.15, -0.1) is 0 Å². The number of hydrogen-bond acceptors (Lipinski definition) is 3. The highest BCUT2D eigenvalue weighted by molar-refractivity contribution is 9.10. The summed E-state index contributed by atoms with van der Waals surface area (Å²) in [4.78, 5) is 34.1. The largest absolute Gasteiger partial charge is 0.349 e. The molecule has 1 saturated carbocycles. The average molecular weight is 405 g/mol. The van der Waals surface area contributed by atoms with Gasteiger partial charge in [-0.25, -0.2) is 4.98 Å². The molecule has 1 saturated heterocycles. The standard InChI is InChI=1S/C18H21BrN4O2/c1-11(17(25)23-6-4-18(2-3-18)5-7-23)21-16(24)13-8-12-9-15(19)20-10-14(12)22-13/h8-11,22H,2-7H2,1H3,(H,21,24)/t11-/m0/s1. The Morgan fingerprint density at radius 1 is 1.28 bits per heavy atom. The Morgan fingerprint density at radius 2 is 2.00 bits per heavy atom. The van der Waals surface area contributed by atoms with Gasteiger partial charge in [0.1, 0.15) is 16.3 Å². The fraction of sp³-hybridized carbons (Fsp3) is 0.500. The van der Waals surface area contributed by atoms with Crippen molar-refractivity contribution in [2.24, 2.45) is 5.41 Å². The molecule has 25 heavy (non-hydrogen) atoms. The van der Waals surface area contributed by atoms with E-state index in [0.29, 0.717) is 15.7 Å². The number of rotatable bonds is 3. The molecule has 0 unspecified atom stereocenters. The maximum absolute atomic E-state index is 12.6. The maximum Gasteiger partial charge on any atom is 0.268 e. The number of nitrogens with zero attached hydrogens (tertiary/aromatic N) is 2. The van der Waals surface area contributed by atoms with E-state index in [0.717, 1.165) is 36.8 Å². The molecule has 0 aromatic carbocycles. The monoisotopic (exact) mass is 404 g/mol. The molecule has 132 valence electrons. The molecule has 1 spiro atoms. The van der Waals surface area contributed by atoms with Crippen LogP contribution in [0.3, 0.4) is 0 Å². The Morgan fingerprint density at radius 3 is 2.68 bits per heavy atom. The van der Waals surface area contributed by atoms with E-state index < -0.39 is 6.04 Å². The normalized spacial score (nSPS) is 19.8. The van der Waals surface area contributed by atoms with E-state index >= 15 is 0 Å². The summed E-state index contributed by atoms with van der Waals surface area (Å²) in [5.74, 6) is -0.270. The average Bonchev–Trinajstić information content (AvgIpc) is 3.21. The molecule has 3 heterocycles. The van der Waals surface area contributed by atoms with Crippen molar-refractivity contribution >= 4 is 38.6 Å². The van der Waals surface area contributed by atoms with E-state index in [1.165, 1.54) is 12.8 Å². The Labute approximate surface area is 154 Å². The molecular weight excluding hydrogens is 384 g/mol. The van der Waals surface area contributed by atoms with Gasteiger partial charge in [0.2, 0.25) is 5.91 Å². The number of pyridine rings is 1. The number of carbonyl (C=O) groups is 2. The molecule has 2 aromatic rings. The first-order valence-electron chi connectivity index (χ1n) is 8.70. The van der Waals surface area contributed by atoms with Crippen molar-refractivity contribution in [1.29, 1.82) is 0 Å². The Bertz CT molecular complexity index is 833. The number of aromatic nitrogens is 2. The minimum atomic E-state index is -0.531. The second kappa shape index (κ2) is 6.12. The third-order valence-corrected chi connectivity index (χ3v) is 5.96. The smallest absolute Gasteiger partial charge is 0.268 e. The summed E-state index contributed by atoms with van der Waals surface area (Å²) in [6.07, 6.45) is 6.50. The minimum Gasteiger partial charge on any atom is -0.349 e. The van der Waals surface area contributed by atoms with Crippen molar-refractivity contribution < 1.29 is 9.59 Å². The molecule has 2 aromatic heterocycles. The zero-order valence-electron chi connectivity index (χ0n) is 14.1. The van der Waals surface area contributed by atoms with E-state index in [2.05, 4.69) is 31.2 Å². The first-order valence-corrected chi connectivity index (χ1v) is 9.49. The van der Waals surface area contributed by atoms with Gasteiger partial charge >= 0.3 is 0 Å². The SMILES string of the molecule is C[C@H](NC(=O)c1cc2cc(Br)ncc2[nH]1)C(=O)N1CCC2(CC1)CC2. The summed E-state index contributed by atoms with van der Waals surface area (Å²) in [6, 6.07) is 3.09. The number of H-pyrrole nitrogens is 1. The second-order valence-electron chi connectivity index (χ2n) is 7.30. The van der Waals surface area contributed by atoms with Crippen molar-refractivity contribution in [3.63, 3.8) is 0 Å². The first-order chi connectivity index (χ1) is 12.0. The van der Waals surface area contributed by atoms with Crippen LogP contribution in [0.25, 0.3) is 10.9 Å². The van der Waals surface area contributed by atoms with Gasteiger partial charge in [-0.3, -0.25) is 9.59 Å². The van der Waals surface area contributed by atoms with Crippen LogP contribution in [0.1, 0.15) is 43.1 Å². The van der Waals surface area contributed by atoms with Crippen LogP contribution in [0.5, 0.6) is 0 Å². The highest BCUT2D eigenvalue weighted by atomic mass is 79.9. The van der Waals surface area contributed by atoms with Gasteiger partial charge in [0, 0.05) is 18.5 Å². The Kier molecular flexibility index (Phi) is 4.06. The van der Waals surface area contributed by atoms with Crippen LogP contribution in [0, 0.1) is 5.41 Å². The number of nitrogens with one attached hydrogen (secondary N) is 2. The molecule has 1 atom stereocenters. The highest BCUT2D eigenvalue weighted by Gasteiger charge is 2.45. The third-order valence-electron chi connectivity index (χ3n) is 5.53. The first kappa shape index (κ1) is 16.6. The number of likely N-dealkylation sites (tertiary alicyclic amines) is 1. The molecule has 2 fully saturated rings. The van der Waals surface area contributed by atoms with Crippen molar-refractivity contribution in [3.8, 4) is 0 Å². The van der Waals surface area contributed by atoms with E-state index in [1.54, 1.807) is 19.2 Å². The molecular formula is C18H21BrN4O2. The third kappa shape index (κ3) is 3.29. The number of halogens is 1. The van der Waals surface area contributed by atoms with Gasteiger partial charge in [-0.1, -0.05) is 0 Å². The van der Waals surface area contributed by atoms with Crippen molar-refractivity contribution in [2.75, 3.05) is 13.1 Å². The lowest BCUT2D eigenvalue weighted by Crippen LogP contribution is -2.49. The van der Waals surface area contributed by atoms with Crippen LogP contribution >= 0.6 is 15.9 Å². The van der Waals surface area contributed by atoms with Crippen molar-refractivity contribution in [3.05, 3.63) is 28.6 Å². The second-order valence-corrected chi connectivity index (χ2v) is 8.11. The van der Waals surface area contributed by atoms with E-state index in [-0.39, 0.29) is 11.8 Å². The zero-order valence-corrected chi connectivity index (χ0v) is 15.7. The van der Waals surface area contributed by atoms with Crippen LogP contribution in [0.4, 0.5) is 0 Å². The van der Waals surface area contributed by atoms with Gasteiger partial charge in [-0.05, 0) is 66.1 Å². The van der Waals surface area contributed by atoms with Gasteiger partial charge in [0.25, 0.3) is 5.91 Å². The molecule has 0 bridgehead atoms. The Hall–Kier alpha value is -1.89. The number of amides is 2. The number of fused-ring (bicyclic) bond motifs is 1. The fourth-order valence-corrected chi connectivity index (χ4v) is 3.96. The molecule has 1 aliphatic heterocycles. The predicted molar refractivity (Wildman–Crippen MR) is 98.2 cm³/mol. The summed E-state index contributed by atoms with van der Waals surface area (Å²) in [6.45, 7) is 3.37. The maximum atomic E-state index is 12.6. The van der Waals surface area contributed by atoms with Gasteiger partial charge in [-0.2, -0.15) is 0 Å². The molecule has 2 N–H and O–H groups in total. The molecule has 1 aliphatic carbocycles. The minimum absolute atomic E-state index is 0.00405. The molecule has 4 rings (SSSR count). The predicted octanol–water partition coefficient (Wildman–Crippen LogP) is 2.85. The summed E-state index contributed by atoms with van der Waals surface area (Å²) in [5.41, 5.74) is 1.76. The van der Waals surface area contributed by atoms with Crippen LogP contribution in [0.15, 0.2) is 22.9 Å². The molecule has 7 heteroatoms. The lowest BCUT2D eigenvalue weighted by molar-refractivity contribution is -0.134. The van der Waals surface area contributed by atoms with Crippen molar-refractivity contribution in [1.82, 2.24) is 20.2 Å². The topological polar surface area (TPSA) is 78.1 Å². The van der Waals surface area contributed by atoms with Crippen molar-refractivity contribution in [2.45, 2.75) is 38.6 Å². The fourth-order valence-electron chi connectivity index (χ4n) is 3.62. The molecule has 0 radical (unpaired) electrons. The summed E-state index contributed by atoms with van der Waals surface area (Å²) in [7, 11) is 0. The van der Waals surface area contributed by atoms with Crippen LogP contribution < -0.4 is 5.32 Å². The number of piperidine rings is 1. The summed E-state index contributed by atoms with van der Waals surface area (Å²) in [5, 5.41) is 3.71. The Balaban J connectivity index is 1.39. The molecule has 6 nitrogen and oxygen atoms in total. The van der Waals surface area contributed by atoms with E-state index in [1.807, 2.05) is 11.0 Å². The quantitative estimate of drug-likeness (QED) is 0.771. The highest BCUT2D eigenvalue weighted by Crippen LogP contribution is 2.53. The van der Waals surface area contributed by atoms with Gasteiger partial charge in [0.15, 0.2) is 0 Å². The van der Waals surface area contributed by atoms with Gasteiger partial charge < -0.3 is 15.2 Å². The van der Waals surface area contributed by atoms with Crippen LogP contribution in [-0.4, -0.2) is 45.8 Å². The van der Waals surface area contributed by atoms with Gasteiger partial charge in [0.05, 0.1) is 11.7 Å². The molecule has 2 aliphatic rings.